The van der Waals surface area contributed by atoms with Crippen LogP contribution in [0.3, 0.4) is 0 Å². The second-order valence-electron chi connectivity index (χ2n) is 4.98. The summed E-state index contributed by atoms with van der Waals surface area (Å²) in [6.45, 7) is 2.74. The Kier molecular flexibility index (Phi) is 5.28. The lowest BCUT2D eigenvalue weighted by Gasteiger charge is -2.09. The number of nitrogens with zero attached hydrogens (tertiary/aromatic N) is 1. The van der Waals surface area contributed by atoms with Gasteiger partial charge in [0.25, 0.3) is 5.91 Å². The zero-order valence-corrected chi connectivity index (χ0v) is 15.2. The number of carbonyl (C=O) groups is 1. The molecule has 0 unspecified atom stereocenters. The van der Waals surface area contributed by atoms with E-state index in [4.69, 9.17) is 33.0 Å². The number of hydrogen-bond donors (Lipinski definition) is 0. The summed E-state index contributed by atoms with van der Waals surface area (Å²) in [4.78, 5) is 14.3. The molecule has 1 aromatic carbocycles. The number of halogens is 1. The molecule has 124 valence electrons. The van der Waals surface area contributed by atoms with Crippen molar-refractivity contribution in [1.82, 2.24) is 4.90 Å². The van der Waals surface area contributed by atoms with E-state index in [-0.39, 0.29) is 12.5 Å². The molecular formula is C17H14ClNO3S2. The molecule has 0 saturated carbocycles. The summed E-state index contributed by atoms with van der Waals surface area (Å²) in [6.07, 6.45) is 1.71. The molecule has 0 bridgehead atoms. The molecule has 2 heterocycles. The van der Waals surface area contributed by atoms with Gasteiger partial charge in [-0.1, -0.05) is 41.6 Å². The third kappa shape index (κ3) is 3.83. The first kappa shape index (κ1) is 17.1. The predicted molar refractivity (Wildman–Crippen MR) is 100 cm³/mol. The summed E-state index contributed by atoms with van der Waals surface area (Å²) in [7, 11) is 0. The molecule has 1 fully saturated rings. The Balaban J connectivity index is 1.67. The number of amides is 1. The van der Waals surface area contributed by atoms with Crippen LogP contribution in [0.25, 0.3) is 6.08 Å². The Hall–Kier alpha value is -1.76. The Labute approximate surface area is 154 Å². The van der Waals surface area contributed by atoms with Crippen LogP contribution in [-0.2, 0) is 11.4 Å². The number of hydrogen-bond acceptors (Lipinski definition) is 5. The van der Waals surface area contributed by atoms with Gasteiger partial charge in [-0.3, -0.25) is 9.69 Å². The molecule has 0 atom stereocenters. The standard InChI is InChI=1S/C17H14ClNO3S2/c1-2-19-16(20)15(24-17(19)23)9-13-6-7-14(22-13)10-21-12-5-3-4-11(18)8-12/h3-9H,2,10H2,1H3/b15-9+. The molecule has 0 spiro atoms. The molecule has 24 heavy (non-hydrogen) atoms. The van der Waals surface area contributed by atoms with Gasteiger partial charge in [0.15, 0.2) is 0 Å². The van der Waals surface area contributed by atoms with Crippen LogP contribution < -0.4 is 4.74 Å². The van der Waals surface area contributed by atoms with Crippen LogP contribution >= 0.6 is 35.6 Å². The Morgan fingerprint density at radius 2 is 2.21 bits per heavy atom. The maximum atomic E-state index is 12.2. The van der Waals surface area contributed by atoms with Crippen molar-refractivity contribution in [3.05, 3.63) is 57.8 Å². The zero-order valence-electron chi connectivity index (χ0n) is 12.8. The maximum absolute atomic E-state index is 12.2. The van der Waals surface area contributed by atoms with Crippen molar-refractivity contribution < 1.29 is 13.9 Å². The Bertz CT molecular complexity index is 816. The number of thioether (sulfide) groups is 1. The van der Waals surface area contributed by atoms with E-state index in [1.807, 2.05) is 25.1 Å². The highest BCUT2D eigenvalue weighted by atomic mass is 35.5. The SMILES string of the molecule is CCN1C(=O)/C(=C\c2ccc(COc3cccc(Cl)c3)o2)SC1=S. The quantitative estimate of drug-likeness (QED) is 0.554. The number of likely N-dealkylation sites (N-methyl/N-ethyl adjacent to an activating group) is 1. The molecule has 1 aliphatic rings. The van der Waals surface area contributed by atoms with E-state index >= 15 is 0 Å². The highest BCUT2D eigenvalue weighted by molar-refractivity contribution is 8.26. The monoisotopic (exact) mass is 379 g/mol. The molecular weight excluding hydrogens is 366 g/mol. The minimum absolute atomic E-state index is 0.0828. The van der Waals surface area contributed by atoms with E-state index in [1.165, 1.54) is 11.8 Å². The van der Waals surface area contributed by atoms with Crippen LogP contribution in [0.2, 0.25) is 5.02 Å². The van der Waals surface area contributed by atoms with E-state index in [1.54, 1.807) is 29.2 Å². The second kappa shape index (κ2) is 7.42. The fourth-order valence-corrected chi connectivity index (χ4v) is 3.71. The summed E-state index contributed by atoms with van der Waals surface area (Å²) >= 11 is 12.4. The van der Waals surface area contributed by atoms with Crippen LogP contribution in [0.15, 0.2) is 45.7 Å². The van der Waals surface area contributed by atoms with Gasteiger partial charge in [-0.15, -0.1) is 0 Å². The average molecular weight is 380 g/mol. The lowest BCUT2D eigenvalue weighted by Crippen LogP contribution is -2.27. The van der Waals surface area contributed by atoms with Gasteiger partial charge in [-0.25, -0.2) is 0 Å². The molecule has 1 aliphatic heterocycles. The minimum atomic E-state index is -0.0828. The third-order valence-corrected chi connectivity index (χ3v) is 4.94. The lowest BCUT2D eigenvalue weighted by atomic mass is 10.3. The van der Waals surface area contributed by atoms with Crippen LogP contribution in [-0.4, -0.2) is 21.7 Å². The molecule has 0 N–H and O–H groups in total. The van der Waals surface area contributed by atoms with Crippen LogP contribution in [0.5, 0.6) is 5.75 Å². The van der Waals surface area contributed by atoms with Crippen LogP contribution in [0, 0.1) is 0 Å². The van der Waals surface area contributed by atoms with Crippen molar-refractivity contribution in [2.75, 3.05) is 6.54 Å². The molecule has 1 aromatic heterocycles. The number of carbonyl (C=O) groups excluding carboxylic acids is 1. The number of thiocarbonyl (C=S) groups is 1. The van der Waals surface area contributed by atoms with Gasteiger partial charge in [-0.2, -0.15) is 0 Å². The molecule has 3 rings (SSSR count). The van der Waals surface area contributed by atoms with Crippen molar-refractivity contribution in [3.63, 3.8) is 0 Å². The van der Waals surface area contributed by atoms with Crippen molar-refractivity contribution in [2.24, 2.45) is 0 Å². The predicted octanol–water partition coefficient (Wildman–Crippen LogP) is 4.73. The van der Waals surface area contributed by atoms with E-state index < -0.39 is 0 Å². The molecule has 2 aromatic rings. The van der Waals surface area contributed by atoms with Crippen molar-refractivity contribution in [1.29, 1.82) is 0 Å². The second-order valence-corrected chi connectivity index (χ2v) is 7.09. The van der Waals surface area contributed by atoms with Crippen molar-refractivity contribution >= 4 is 51.9 Å². The van der Waals surface area contributed by atoms with Crippen LogP contribution in [0.1, 0.15) is 18.4 Å². The average Bonchev–Trinajstić information content (AvgIpc) is 3.10. The summed E-state index contributed by atoms with van der Waals surface area (Å²) in [6, 6.07) is 10.8. The van der Waals surface area contributed by atoms with E-state index in [2.05, 4.69) is 0 Å². The van der Waals surface area contributed by atoms with Gasteiger partial charge in [-0.05, 0) is 37.3 Å². The van der Waals surface area contributed by atoms with Gasteiger partial charge in [0.2, 0.25) is 0 Å². The zero-order chi connectivity index (χ0) is 17.1. The molecule has 0 radical (unpaired) electrons. The minimum Gasteiger partial charge on any atom is -0.486 e. The van der Waals surface area contributed by atoms with E-state index in [0.717, 1.165) is 0 Å². The summed E-state index contributed by atoms with van der Waals surface area (Å²) in [5.74, 6) is 1.84. The molecule has 1 saturated heterocycles. The topological polar surface area (TPSA) is 42.7 Å². The Morgan fingerprint density at radius 3 is 2.92 bits per heavy atom. The number of rotatable bonds is 5. The number of benzene rings is 1. The molecule has 1 amide bonds. The molecule has 7 heteroatoms. The highest BCUT2D eigenvalue weighted by Crippen LogP contribution is 2.32. The van der Waals surface area contributed by atoms with Crippen LogP contribution in [0.4, 0.5) is 0 Å². The van der Waals surface area contributed by atoms with Gasteiger partial charge in [0, 0.05) is 17.6 Å². The molecule has 0 aliphatic carbocycles. The van der Waals surface area contributed by atoms with Gasteiger partial charge >= 0.3 is 0 Å². The maximum Gasteiger partial charge on any atom is 0.266 e. The molecule has 4 nitrogen and oxygen atoms in total. The Morgan fingerprint density at radius 1 is 1.38 bits per heavy atom. The van der Waals surface area contributed by atoms with Crippen molar-refractivity contribution in [2.45, 2.75) is 13.5 Å². The number of ether oxygens (including phenoxy) is 1. The highest BCUT2D eigenvalue weighted by Gasteiger charge is 2.30. The van der Waals surface area contributed by atoms with E-state index in [9.17, 15) is 4.79 Å². The fourth-order valence-electron chi connectivity index (χ4n) is 2.16. The van der Waals surface area contributed by atoms with Gasteiger partial charge in [0.1, 0.15) is 28.2 Å². The van der Waals surface area contributed by atoms with E-state index in [0.29, 0.717) is 38.1 Å². The van der Waals surface area contributed by atoms with Gasteiger partial charge < -0.3 is 9.15 Å². The summed E-state index contributed by atoms with van der Waals surface area (Å²) in [5, 5.41) is 0.616. The smallest absolute Gasteiger partial charge is 0.266 e. The normalized spacial score (nSPS) is 16.2. The first-order chi connectivity index (χ1) is 11.6. The van der Waals surface area contributed by atoms with Crippen molar-refractivity contribution in [3.8, 4) is 5.75 Å². The van der Waals surface area contributed by atoms with Gasteiger partial charge in [0.05, 0.1) is 4.91 Å². The first-order valence-electron chi connectivity index (χ1n) is 7.29. The summed E-state index contributed by atoms with van der Waals surface area (Å²) in [5.41, 5.74) is 0. The number of furan rings is 1. The third-order valence-electron chi connectivity index (χ3n) is 3.32. The first-order valence-corrected chi connectivity index (χ1v) is 8.89. The lowest BCUT2D eigenvalue weighted by molar-refractivity contribution is -0.121. The fraction of sp³-hybridized carbons (Fsp3) is 0.176. The largest absolute Gasteiger partial charge is 0.486 e. The summed E-state index contributed by atoms with van der Waals surface area (Å²) < 4.78 is 11.9.